The molecule has 0 atom stereocenters. The number of halogens is 2. The summed E-state index contributed by atoms with van der Waals surface area (Å²) < 4.78 is 1.95. The Morgan fingerprint density at radius 3 is 2.67 bits per heavy atom. The molecule has 6 nitrogen and oxygen atoms in total. The van der Waals surface area contributed by atoms with Crippen LogP contribution in [-0.4, -0.2) is 34.3 Å². The summed E-state index contributed by atoms with van der Waals surface area (Å²) >= 11 is 6.01. The van der Waals surface area contributed by atoms with E-state index < -0.39 is 0 Å². The second kappa shape index (κ2) is 10.9. The van der Waals surface area contributed by atoms with Gasteiger partial charge in [-0.25, -0.2) is 0 Å². The molecule has 3 aromatic rings. The fourth-order valence-corrected chi connectivity index (χ4v) is 2.80. The van der Waals surface area contributed by atoms with Gasteiger partial charge >= 0.3 is 0 Å². The third-order valence-corrected chi connectivity index (χ3v) is 4.12. The monoisotopic (exact) mass is 496 g/mol. The van der Waals surface area contributed by atoms with Crippen molar-refractivity contribution in [3.63, 3.8) is 0 Å². The van der Waals surface area contributed by atoms with Crippen LogP contribution in [0.4, 0.5) is 0 Å². The largest absolute Gasteiger partial charge is 0.356 e. The van der Waals surface area contributed by atoms with E-state index in [-0.39, 0.29) is 24.0 Å². The van der Waals surface area contributed by atoms with Crippen LogP contribution in [0, 0.1) is 0 Å². The van der Waals surface area contributed by atoms with Gasteiger partial charge in [-0.3, -0.25) is 9.56 Å². The van der Waals surface area contributed by atoms with E-state index in [1.165, 1.54) is 5.56 Å². The van der Waals surface area contributed by atoms with Crippen LogP contribution in [0.2, 0.25) is 5.02 Å². The van der Waals surface area contributed by atoms with Crippen LogP contribution >= 0.6 is 35.6 Å². The van der Waals surface area contributed by atoms with Crippen LogP contribution in [0.25, 0.3) is 5.69 Å². The van der Waals surface area contributed by atoms with Crippen molar-refractivity contribution in [1.29, 1.82) is 0 Å². The molecule has 0 saturated heterocycles. The lowest BCUT2D eigenvalue weighted by Crippen LogP contribution is -2.38. The number of aliphatic imine (C=N–C) groups is 1. The molecule has 1 aromatic heterocycles. The Hall–Kier alpha value is -2.13. The van der Waals surface area contributed by atoms with Crippen LogP contribution in [0.15, 0.2) is 65.9 Å². The van der Waals surface area contributed by atoms with Gasteiger partial charge < -0.3 is 10.6 Å². The van der Waals surface area contributed by atoms with E-state index in [1.54, 1.807) is 13.4 Å². The summed E-state index contributed by atoms with van der Waals surface area (Å²) in [6, 6.07) is 17.9. The van der Waals surface area contributed by atoms with Crippen molar-refractivity contribution in [1.82, 2.24) is 25.4 Å². The Labute approximate surface area is 181 Å². The number of para-hydroxylation sites is 1. The Morgan fingerprint density at radius 2 is 1.93 bits per heavy atom. The summed E-state index contributed by atoms with van der Waals surface area (Å²) in [7, 11) is 1.75. The first-order chi connectivity index (χ1) is 12.8. The SMILES string of the molecule is CN=C(NCCc1cccc(Cl)c1)NCc1nncn1-c1ccccc1.I. The molecule has 27 heavy (non-hydrogen) atoms. The fraction of sp³-hybridized carbons (Fsp3) is 0.211. The average Bonchev–Trinajstić information content (AvgIpc) is 3.14. The lowest BCUT2D eigenvalue weighted by Gasteiger charge is -2.12. The number of guanidine groups is 1. The first-order valence-corrected chi connectivity index (χ1v) is 8.77. The second-order valence-electron chi connectivity index (χ2n) is 5.69. The normalized spacial score (nSPS) is 11.0. The van der Waals surface area contributed by atoms with Crippen LogP contribution < -0.4 is 10.6 Å². The third-order valence-electron chi connectivity index (χ3n) is 3.89. The van der Waals surface area contributed by atoms with Gasteiger partial charge in [0.25, 0.3) is 0 Å². The van der Waals surface area contributed by atoms with Crippen LogP contribution in [0.5, 0.6) is 0 Å². The molecule has 0 spiro atoms. The Balaban J connectivity index is 0.00000261. The molecule has 0 fully saturated rings. The highest BCUT2D eigenvalue weighted by molar-refractivity contribution is 14.0. The number of hydrogen-bond acceptors (Lipinski definition) is 3. The predicted molar refractivity (Wildman–Crippen MR) is 120 cm³/mol. The quantitative estimate of drug-likeness (QED) is 0.312. The zero-order valence-electron chi connectivity index (χ0n) is 15.0. The number of hydrogen-bond donors (Lipinski definition) is 2. The first kappa shape index (κ1) is 21.2. The van der Waals surface area contributed by atoms with E-state index in [9.17, 15) is 0 Å². The molecule has 8 heteroatoms. The van der Waals surface area contributed by atoms with Gasteiger partial charge in [-0.15, -0.1) is 34.2 Å². The van der Waals surface area contributed by atoms with E-state index in [0.29, 0.717) is 6.54 Å². The lowest BCUT2D eigenvalue weighted by molar-refractivity contribution is 0.749. The Bertz CT molecular complexity index is 865. The molecule has 3 rings (SSSR count). The second-order valence-corrected chi connectivity index (χ2v) is 6.12. The summed E-state index contributed by atoms with van der Waals surface area (Å²) in [5.41, 5.74) is 2.21. The molecule has 0 saturated carbocycles. The molecule has 0 bridgehead atoms. The molecule has 142 valence electrons. The van der Waals surface area contributed by atoms with Gasteiger partial charge in [0, 0.05) is 24.3 Å². The molecule has 0 aliphatic carbocycles. The summed E-state index contributed by atoms with van der Waals surface area (Å²) in [6.45, 7) is 1.27. The summed E-state index contributed by atoms with van der Waals surface area (Å²) in [6.07, 6.45) is 2.57. The molecule has 2 N–H and O–H groups in total. The van der Waals surface area contributed by atoms with Crippen molar-refractivity contribution in [2.75, 3.05) is 13.6 Å². The van der Waals surface area contributed by atoms with Crippen molar-refractivity contribution in [3.8, 4) is 5.69 Å². The van der Waals surface area contributed by atoms with E-state index in [1.807, 2.05) is 53.1 Å². The highest BCUT2D eigenvalue weighted by Crippen LogP contribution is 2.11. The summed E-state index contributed by atoms with van der Waals surface area (Å²) in [5.74, 6) is 1.53. The minimum atomic E-state index is 0. The maximum Gasteiger partial charge on any atom is 0.191 e. The third kappa shape index (κ3) is 6.21. The molecule has 0 aliphatic rings. The fourth-order valence-electron chi connectivity index (χ4n) is 2.58. The number of nitrogens with zero attached hydrogens (tertiary/aromatic N) is 4. The van der Waals surface area contributed by atoms with Gasteiger partial charge in [-0.05, 0) is 36.2 Å². The summed E-state index contributed by atoms with van der Waals surface area (Å²) in [5, 5.41) is 15.5. The zero-order chi connectivity index (χ0) is 18.2. The van der Waals surface area contributed by atoms with Crippen molar-refractivity contribution in [3.05, 3.63) is 77.3 Å². The van der Waals surface area contributed by atoms with Crippen molar-refractivity contribution < 1.29 is 0 Å². The maximum atomic E-state index is 6.01. The number of nitrogens with one attached hydrogen (secondary N) is 2. The van der Waals surface area contributed by atoms with Crippen molar-refractivity contribution in [2.45, 2.75) is 13.0 Å². The van der Waals surface area contributed by atoms with Gasteiger partial charge in [0.2, 0.25) is 0 Å². The minimum Gasteiger partial charge on any atom is -0.356 e. The number of rotatable bonds is 6. The van der Waals surface area contributed by atoms with Gasteiger partial charge in [-0.2, -0.15) is 0 Å². The van der Waals surface area contributed by atoms with Crippen molar-refractivity contribution in [2.24, 2.45) is 4.99 Å². The van der Waals surface area contributed by atoms with Crippen LogP contribution in [0.1, 0.15) is 11.4 Å². The smallest absolute Gasteiger partial charge is 0.191 e. The van der Waals surface area contributed by atoms with E-state index in [0.717, 1.165) is 35.5 Å². The maximum absolute atomic E-state index is 6.01. The Morgan fingerprint density at radius 1 is 1.11 bits per heavy atom. The molecule has 2 aromatic carbocycles. The number of aromatic nitrogens is 3. The first-order valence-electron chi connectivity index (χ1n) is 8.39. The zero-order valence-corrected chi connectivity index (χ0v) is 18.1. The highest BCUT2D eigenvalue weighted by atomic mass is 127. The van der Waals surface area contributed by atoms with Gasteiger partial charge in [0.15, 0.2) is 11.8 Å². The molecule has 1 heterocycles. The van der Waals surface area contributed by atoms with E-state index in [2.05, 4.69) is 31.9 Å². The molecular weight excluding hydrogens is 475 g/mol. The topological polar surface area (TPSA) is 67.1 Å². The van der Waals surface area contributed by atoms with Gasteiger partial charge in [-0.1, -0.05) is 41.9 Å². The molecule has 0 unspecified atom stereocenters. The molecule has 0 amide bonds. The Kier molecular flexibility index (Phi) is 8.53. The molecule has 0 radical (unpaired) electrons. The number of benzene rings is 2. The molecular formula is C19H22ClIN6. The lowest BCUT2D eigenvalue weighted by atomic mass is 10.1. The molecule has 0 aliphatic heterocycles. The van der Waals surface area contributed by atoms with Gasteiger partial charge in [0.1, 0.15) is 6.33 Å². The van der Waals surface area contributed by atoms with Gasteiger partial charge in [0.05, 0.1) is 6.54 Å². The highest BCUT2D eigenvalue weighted by Gasteiger charge is 2.07. The van der Waals surface area contributed by atoms with Crippen molar-refractivity contribution >= 4 is 41.5 Å². The van der Waals surface area contributed by atoms with Crippen LogP contribution in [-0.2, 0) is 13.0 Å². The standard InChI is InChI=1S/C19H21ClN6.HI/c1-21-19(22-11-10-15-6-5-7-16(20)12-15)23-13-18-25-24-14-26(18)17-8-3-2-4-9-17;/h2-9,12,14H,10-11,13H2,1H3,(H2,21,22,23);1H. The van der Waals surface area contributed by atoms with Crippen LogP contribution in [0.3, 0.4) is 0 Å². The summed E-state index contributed by atoms with van der Waals surface area (Å²) in [4.78, 5) is 4.25. The minimum absolute atomic E-state index is 0. The average molecular weight is 497 g/mol. The predicted octanol–water partition coefficient (Wildman–Crippen LogP) is 3.45. The van der Waals surface area contributed by atoms with E-state index >= 15 is 0 Å². The van der Waals surface area contributed by atoms with E-state index in [4.69, 9.17) is 11.6 Å².